The van der Waals surface area contributed by atoms with Crippen LogP contribution in [-0.2, 0) is 6.54 Å². The molecule has 0 spiro atoms. The van der Waals surface area contributed by atoms with Crippen LogP contribution in [0.3, 0.4) is 0 Å². The molecule has 0 atom stereocenters. The summed E-state index contributed by atoms with van der Waals surface area (Å²) in [5, 5.41) is 6.46. The first-order chi connectivity index (χ1) is 9.95. The summed E-state index contributed by atoms with van der Waals surface area (Å²) in [7, 11) is 0. The topological polar surface area (TPSA) is 24.1 Å². The SMILES string of the molecule is Cc1cc(Cl)ccc1CNC(=S)Nc1cc(F)ccc1F. The Hall–Kier alpha value is -1.72. The Morgan fingerprint density at radius 3 is 2.67 bits per heavy atom. The zero-order valence-corrected chi connectivity index (χ0v) is 12.8. The van der Waals surface area contributed by atoms with E-state index in [2.05, 4.69) is 10.6 Å². The monoisotopic (exact) mass is 326 g/mol. The molecule has 0 radical (unpaired) electrons. The molecule has 110 valence electrons. The number of hydrogen-bond acceptors (Lipinski definition) is 1. The van der Waals surface area contributed by atoms with Crippen molar-refractivity contribution in [2.45, 2.75) is 13.5 Å². The number of halogens is 3. The van der Waals surface area contributed by atoms with Crippen LogP contribution < -0.4 is 10.6 Å². The number of aryl methyl sites for hydroxylation is 1. The van der Waals surface area contributed by atoms with Crippen LogP contribution >= 0.6 is 23.8 Å². The van der Waals surface area contributed by atoms with Gasteiger partial charge in [0.1, 0.15) is 11.6 Å². The molecule has 0 fully saturated rings. The molecule has 0 aliphatic carbocycles. The number of thiocarbonyl (C=S) groups is 1. The van der Waals surface area contributed by atoms with Crippen molar-refractivity contribution in [2.24, 2.45) is 0 Å². The average Bonchev–Trinajstić information content (AvgIpc) is 2.42. The molecule has 0 amide bonds. The number of anilines is 1. The van der Waals surface area contributed by atoms with E-state index in [4.69, 9.17) is 23.8 Å². The summed E-state index contributed by atoms with van der Waals surface area (Å²) >= 11 is 11.0. The van der Waals surface area contributed by atoms with Crippen molar-refractivity contribution in [3.8, 4) is 0 Å². The first-order valence-corrected chi connectivity index (χ1v) is 6.99. The fourth-order valence-corrected chi connectivity index (χ4v) is 2.20. The quantitative estimate of drug-likeness (QED) is 0.817. The summed E-state index contributed by atoms with van der Waals surface area (Å²) in [6.07, 6.45) is 0. The van der Waals surface area contributed by atoms with Crippen LogP contribution in [0, 0.1) is 18.6 Å². The van der Waals surface area contributed by atoms with E-state index in [0.29, 0.717) is 11.6 Å². The highest BCUT2D eigenvalue weighted by Crippen LogP contribution is 2.16. The molecule has 0 unspecified atom stereocenters. The maximum Gasteiger partial charge on any atom is 0.171 e. The molecule has 2 N–H and O–H groups in total. The third kappa shape index (κ3) is 4.37. The zero-order valence-electron chi connectivity index (χ0n) is 11.2. The number of benzene rings is 2. The molecule has 6 heteroatoms. The Morgan fingerprint density at radius 1 is 1.19 bits per heavy atom. The molecule has 0 bridgehead atoms. The Kier molecular flexibility index (Phi) is 5.09. The van der Waals surface area contributed by atoms with Crippen LogP contribution in [0.15, 0.2) is 36.4 Å². The van der Waals surface area contributed by atoms with E-state index in [-0.39, 0.29) is 10.8 Å². The molecule has 2 nitrogen and oxygen atoms in total. The Labute approximate surface area is 132 Å². The molecule has 0 saturated carbocycles. The Bertz CT molecular complexity index is 677. The second kappa shape index (κ2) is 6.83. The number of rotatable bonds is 3. The lowest BCUT2D eigenvalue weighted by atomic mass is 10.1. The van der Waals surface area contributed by atoms with E-state index in [9.17, 15) is 8.78 Å². The van der Waals surface area contributed by atoms with Crippen LogP contribution in [0.4, 0.5) is 14.5 Å². The summed E-state index contributed by atoms with van der Waals surface area (Å²) in [5.41, 5.74) is 2.04. The van der Waals surface area contributed by atoms with Crippen molar-refractivity contribution >= 4 is 34.6 Å². The zero-order chi connectivity index (χ0) is 15.4. The number of hydrogen-bond donors (Lipinski definition) is 2. The summed E-state index contributed by atoms with van der Waals surface area (Å²) in [6.45, 7) is 2.40. The van der Waals surface area contributed by atoms with Gasteiger partial charge in [0.15, 0.2) is 5.11 Å². The third-order valence-corrected chi connectivity index (χ3v) is 3.40. The minimum absolute atomic E-state index is 0.000304. The lowest BCUT2D eigenvalue weighted by Crippen LogP contribution is -2.28. The van der Waals surface area contributed by atoms with Crippen LogP contribution in [-0.4, -0.2) is 5.11 Å². The maximum absolute atomic E-state index is 13.5. The van der Waals surface area contributed by atoms with Gasteiger partial charge in [-0.2, -0.15) is 0 Å². The molecule has 2 rings (SSSR count). The molecule has 0 aliphatic heterocycles. The Balaban J connectivity index is 1.97. The molecule has 0 saturated heterocycles. The van der Waals surface area contributed by atoms with Crippen molar-refractivity contribution < 1.29 is 8.78 Å². The van der Waals surface area contributed by atoms with Gasteiger partial charge in [0.05, 0.1) is 5.69 Å². The minimum Gasteiger partial charge on any atom is -0.358 e. The van der Waals surface area contributed by atoms with Gasteiger partial charge < -0.3 is 10.6 Å². The highest BCUT2D eigenvalue weighted by atomic mass is 35.5. The highest BCUT2D eigenvalue weighted by Gasteiger charge is 2.06. The molecule has 2 aromatic carbocycles. The van der Waals surface area contributed by atoms with E-state index in [0.717, 1.165) is 29.3 Å². The van der Waals surface area contributed by atoms with Crippen molar-refractivity contribution in [2.75, 3.05) is 5.32 Å². The molecule has 2 aromatic rings. The maximum atomic E-state index is 13.5. The minimum atomic E-state index is -0.566. The van der Waals surface area contributed by atoms with Gasteiger partial charge in [-0.05, 0) is 54.5 Å². The van der Waals surface area contributed by atoms with Crippen LogP contribution in [0.5, 0.6) is 0 Å². The van der Waals surface area contributed by atoms with Crippen LogP contribution in [0.25, 0.3) is 0 Å². The van der Waals surface area contributed by atoms with E-state index in [1.54, 1.807) is 6.07 Å². The first kappa shape index (κ1) is 15.7. The molecule has 21 heavy (non-hydrogen) atoms. The van der Waals surface area contributed by atoms with Gasteiger partial charge in [0.2, 0.25) is 0 Å². The molecular formula is C15H13ClF2N2S. The van der Waals surface area contributed by atoms with Gasteiger partial charge in [-0.15, -0.1) is 0 Å². The van der Waals surface area contributed by atoms with Gasteiger partial charge >= 0.3 is 0 Å². The van der Waals surface area contributed by atoms with Gasteiger partial charge in [0, 0.05) is 17.6 Å². The first-order valence-electron chi connectivity index (χ1n) is 6.20. The summed E-state index contributed by atoms with van der Waals surface area (Å²) in [5.74, 6) is -1.10. The normalized spacial score (nSPS) is 10.3. The highest BCUT2D eigenvalue weighted by molar-refractivity contribution is 7.80. The third-order valence-electron chi connectivity index (χ3n) is 2.92. The predicted octanol–water partition coefficient (Wildman–Crippen LogP) is 4.41. The smallest absolute Gasteiger partial charge is 0.171 e. The summed E-state index contributed by atoms with van der Waals surface area (Å²) in [6, 6.07) is 8.67. The fraction of sp³-hybridized carbons (Fsp3) is 0.133. The molecule has 0 aromatic heterocycles. The van der Waals surface area contributed by atoms with E-state index >= 15 is 0 Å². The van der Waals surface area contributed by atoms with E-state index in [1.807, 2.05) is 19.1 Å². The predicted molar refractivity (Wildman–Crippen MR) is 85.6 cm³/mol. The second-order valence-electron chi connectivity index (χ2n) is 4.50. The Morgan fingerprint density at radius 2 is 1.95 bits per heavy atom. The lowest BCUT2D eigenvalue weighted by molar-refractivity contribution is 0.604. The van der Waals surface area contributed by atoms with Crippen LogP contribution in [0.2, 0.25) is 5.02 Å². The second-order valence-corrected chi connectivity index (χ2v) is 5.35. The average molecular weight is 327 g/mol. The van der Waals surface area contributed by atoms with Crippen molar-refractivity contribution in [3.63, 3.8) is 0 Å². The summed E-state index contributed by atoms with van der Waals surface area (Å²) in [4.78, 5) is 0. The fourth-order valence-electron chi connectivity index (χ4n) is 1.79. The molecular weight excluding hydrogens is 314 g/mol. The van der Waals surface area contributed by atoms with Crippen molar-refractivity contribution in [3.05, 3.63) is 64.2 Å². The van der Waals surface area contributed by atoms with Gasteiger partial charge in [0.25, 0.3) is 0 Å². The summed E-state index contributed by atoms with van der Waals surface area (Å²) < 4.78 is 26.5. The van der Waals surface area contributed by atoms with E-state index in [1.165, 1.54) is 0 Å². The van der Waals surface area contributed by atoms with Crippen molar-refractivity contribution in [1.82, 2.24) is 5.32 Å². The largest absolute Gasteiger partial charge is 0.358 e. The standard InChI is InChI=1S/C15H13ClF2N2S/c1-9-6-11(16)3-2-10(9)8-19-15(21)20-14-7-12(17)4-5-13(14)18/h2-7H,8H2,1H3,(H2,19,20,21). The number of nitrogens with one attached hydrogen (secondary N) is 2. The van der Waals surface area contributed by atoms with Gasteiger partial charge in [-0.1, -0.05) is 17.7 Å². The van der Waals surface area contributed by atoms with Gasteiger partial charge in [-0.3, -0.25) is 0 Å². The van der Waals surface area contributed by atoms with Crippen molar-refractivity contribution in [1.29, 1.82) is 0 Å². The van der Waals surface area contributed by atoms with Crippen LogP contribution in [0.1, 0.15) is 11.1 Å². The lowest BCUT2D eigenvalue weighted by Gasteiger charge is -2.12. The van der Waals surface area contributed by atoms with Gasteiger partial charge in [-0.25, -0.2) is 8.78 Å². The molecule has 0 aliphatic rings. The van der Waals surface area contributed by atoms with E-state index < -0.39 is 11.6 Å². The molecule has 0 heterocycles.